The van der Waals surface area contributed by atoms with Gasteiger partial charge in [-0.3, -0.25) is 9.59 Å². The number of likely N-dealkylation sites (N-methyl/N-ethyl adjacent to an activating group) is 1. The SMILES string of the molecule is CCN(CC(=O)NCc1cccs1)C(=O)c1oc2ccccc2c1C. The van der Waals surface area contributed by atoms with E-state index in [0.29, 0.717) is 24.4 Å². The molecule has 0 fully saturated rings. The van der Waals surface area contributed by atoms with E-state index < -0.39 is 0 Å². The summed E-state index contributed by atoms with van der Waals surface area (Å²) in [6.07, 6.45) is 0. The van der Waals surface area contributed by atoms with Gasteiger partial charge in [0, 0.05) is 22.4 Å². The molecule has 0 aliphatic heterocycles. The summed E-state index contributed by atoms with van der Waals surface area (Å²) in [5.41, 5.74) is 1.49. The number of aryl methyl sites for hydroxylation is 1. The van der Waals surface area contributed by atoms with Crippen LogP contribution in [0.15, 0.2) is 46.2 Å². The first-order valence-electron chi connectivity index (χ1n) is 8.16. The lowest BCUT2D eigenvalue weighted by molar-refractivity contribution is -0.121. The van der Waals surface area contributed by atoms with Gasteiger partial charge in [0.15, 0.2) is 5.76 Å². The monoisotopic (exact) mass is 356 g/mol. The number of carbonyl (C=O) groups is 2. The molecule has 0 radical (unpaired) electrons. The van der Waals surface area contributed by atoms with Crippen LogP contribution in [0.3, 0.4) is 0 Å². The van der Waals surface area contributed by atoms with Crippen molar-refractivity contribution in [2.75, 3.05) is 13.1 Å². The third kappa shape index (κ3) is 3.74. The molecule has 0 spiro atoms. The fourth-order valence-electron chi connectivity index (χ4n) is 2.68. The Hall–Kier alpha value is -2.60. The Bertz CT molecular complexity index is 883. The van der Waals surface area contributed by atoms with Gasteiger partial charge in [-0.25, -0.2) is 0 Å². The largest absolute Gasteiger partial charge is 0.451 e. The van der Waals surface area contributed by atoms with Crippen molar-refractivity contribution in [3.05, 3.63) is 58.0 Å². The molecule has 130 valence electrons. The molecule has 0 atom stereocenters. The second kappa shape index (κ2) is 7.53. The third-order valence-electron chi connectivity index (χ3n) is 4.08. The number of amides is 2. The summed E-state index contributed by atoms with van der Waals surface area (Å²) < 4.78 is 5.72. The predicted molar refractivity (Wildman–Crippen MR) is 98.7 cm³/mol. The number of hydrogen-bond acceptors (Lipinski definition) is 4. The number of fused-ring (bicyclic) bond motifs is 1. The van der Waals surface area contributed by atoms with E-state index in [0.717, 1.165) is 15.8 Å². The highest BCUT2D eigenvalue weighted by Gasteiger charge is 2.23. The van der Waals surface area contributed by atoms with Crippen LogP contribution in [-0.2, 0) is 11.3 Å². The van der Waals surface area contributed by atoms with Gasteiger partial charge in [0.1, 0.15) is 5.58 Å². The molecule has 0 bridgehead atoms. The minimum Gasteiger partial charge on any atom is -0.451 e. The van der Waals surface area contributed by atoms with Crippen molar-refractivity contribution in [2.45, 2.75) is 20.4 Å². The second-order valence-corrected chi connectivity index (χ2v) is 6.76. The molecular weight excluding hydrogens is 336 g/mol. The highest BCUT2D eigenvalue weighted by Crippen LogP contribution is 2.25. The van der Waals surface area contributed by atoms with Gasteiger partial charge < -0.3 is 14.6 Å². The van der Waals surface area contributed by atoms with Gasteiger partial charge in [-0.15, -0.1) is 11.3 Å². The smallest absolute Gasteiger partial charge is 0.290 e. The van der Waals surface area contributed by atoms with E-state index in [-0.39, 0.29) is 18.4 Å². The minimum atomic E-state index is -0.262. The summed E-state index contributed by atoms with van der Waals surface area (Å²) in [4.78, 5) is 27.5. The molecule has 0 aliphatic rings. The number of nitrogens with one attached hydrogen (secondary N) is 1. The van der Waals surface area contributed by atoms with Crippen LogP contribution in [0.2, 0.25) is 0 Å². The Kier molecular flexibility index (Phi) is 5.19. The zero-order valence-corrected chi connectivity index (χ0v) is 15.1. The highest BCUT2D eigenvalue weighted by molar-refractivity contribution is 7.09. The van der Waals surface area contributed by atoms with Gasteiger partial charge in [-0.05, 0) is 31.4 Å². The van der Waals surface area contributed by atoms with Crippen molar-refractivity contribution in [3.63, 3.8) is 0 Å². The lowest BCUT2D eigenvalue weighted by atomic mass is 10.1. The summed E-state index contributed by atoms with van der Waals surface area (Å²) in [5, 5.41) is 5.73. The van der Waals surface area contributed by atoms with Crippen molar-refractivity contribution in [2.24, 2.45) is 0 Å². The molecule has 0 aliphatic carbocycles. The Balaban J connectivity index is 1.69. The van der Waals surface area contributed by atoms with Crippen LogP contribution in [0.1, 0.15) is 27.9 Å². The fourth-order valence-corrected chi connectivity index (χ4v) is 3.32. The highest BCUT2D eigenvalue weighted by atomic mass is 32.1. The zero-order chi connectivity index (χ0) is 17.8. The number of hydrogen-bond donors (Lipinski definition) is 1. The van der Waals surface area contributed by atoms with Crippen molar-refractivity contribution in [1.29, 1.82) is 0 Å². The molecular formula is C19H20N2O3S. The quantitative estimate of drug-likeness (QED) is 0.734. The molecule has 2 heterocycles. The normalized spacial score (nSPS) is 10.8. The van der Waals surface area contributed by atoms with E-state index in [9.17, 15) is 9.59 Å². The Morgan fingerprint density at radius 2 is 2.00 bits per heavy atom. The maximum atomic E-state index is 12.8. The third-order valence-corrected chi connectivity index (χ3v) is 4.96. The van der Waals surface area contributed by atoms with Gasteiger partial charge in [0.05, 0.1) is 13.1 Å². The predicted octanol–water partition coefficient (Wildman–Crippen LogP) is 3.58. The molecule has 5 nitrogen and oxygen atoms in total. The molecule has 3 aromatic rings. The van der Waals surface area contributed by atoms with Crippen LogP contribution < -0.4 is 5.32 Å². The van der Waals surface area contributed by atoms with Crippen molar-refractivity contribution < 1.29 is 14.0 Å². The molecule has 25 heavy (non-hydrogen) atoms. The van der Waals surface area contributed by atoms with Gasteiger partial charge in [0.2, 0.25) is 5.91 Å². The zero-order valence-electron chi connectivity index (χ0n) is 14.2. The Labute approximate surface area is 150 Å². The lowest BCUT2D eigenvalue weighted by Crippen LogP contribution is -2.40. The lowest BCUT2D eigenvalue weighted by Gasteiger charge is -2.19. The molecule has 2 amide bonds. The van der Waals surface area contributed by atoms with Crippen LogP contribution >= 0.6 is 11.3 Å². The summed E-state index contributed by atoms with van der Waals surface area (Å²) in [6, 6.07) is 11.5. The van der Waals surface area contributed by atoms with Crippen molar-refractivity contribution in [3.8, 4) is 0 Å². The first-order valence-corrected chi connectivity index (χ1v) is 9.04. The van der Waals surface area contributed by atoms with Gasteiger partial charge >= 0.3 is 0 Å². The fraction of sp³-hybridized carbons (Fsp3) is 0.263. The number of carbonyl (C=O) groups excluding carboxylic acids is 2. The van der Waals surface area contributed by atoms with E-state index in [1.807, 2.05) is 55.6 Å². The van der Waals surface area contributed by atoms with E-state index >= 15 is 0 Å². The molecule has 1 N–H and O–H groups in total. The van der Waals surface area contributed by atoms with Crippen LogP contribution in [0.4, 0.5) is 0 Å². The molecule has 3 rings (SSSR count). The van der Waals surface area contributed by atoms with Crippen LogP contribution in [0.5, 0.6) is 0 Å². The summed E-state index contributed by atoms with van der Waals surface area (Å²) >= 11 is 1.59. The number of rotatable bonds is 6. The van der Waals surface area contributed by atoms with Crippen LogP contribution in [0.25, 0.3) is 11.0 Å². The van der Waals surface area contributed by atoms with E-state index in [1.165, 1.54) is 4.90 Å². The standard InChI is InChI=1S/C19H20N2O3S/c1-3-21(12-17(22)20-11-14-7-6-10-25-14)19(23)18-13(2)15-8-4-5-9-16(15)24-18/h4-10H,3,11-12H2,1-2H3,(H,20,22). The molecule has 0 unspecified atom stereocenters. The summed E-state index contributed by atoms with van der Waals surface area (Å²) in [6.45, 7) is 4.64. The summed E-state index contributed by atoms with van der Waals surface area (Å²) in [5.74, 6) is -0.144. The number of nitrogens with zero attached hydrogens (tertiary/aromatic N) is 1. The molecule has 0 saturated carbocycles. The van der Waals surface area contributed by atoms with E-state index in [2.05, 4.69) is 5.32 Å². The summed E-state index contributed by atoms with van der Waals surface area (Å²) in [7, 11) is 0. The molecule has 1 aromatic carbocycles. The first-order chi connectivity index (χ1) is 12.1. The molecule has 0 saturated heterocycles. The van der Waals surface area contributed by atoms with Crippen LogP contribution in [0, 0.1) is 6.92 Å². The maximum absolute atomic E-state index is 12.8. The van der Waals surface area contributed by atoms with E-state index in [4.69, 9.17) is 4.42 Å². The number of para-hydroxylation sites is 1. The maximum Gasteiger partial charge on any atom is 0.290 e. The van der Waals surface area contributed by atoms with Crippen molar-refractivity contribution >= 4 is 34.1 Å². The average Bonchev–Trinajstić information content (AvgIpc) is 3.26. The number of benzene rings is 1. The first kappa shape index (κ1) is 17.2. The van der Waals surface area contributed by atoms with Gasteiger partial charge in [0.25, 0.3) is 5.91 Å². The van der Waals surface area contributed by atoms with Gasteiger partial charge in [-0.2, -0.15) is 0 Å². The van der Waals surface area contributed by atoms with Crippen LogP contribution in [-0.4, -0.2) is 29.8 Å². The topological polar surface area (TPSA) is 62.6 Å². The Morgan fingerprint density at radius 3 is 2.68 bits per heavy atom. The van der Waals surface area contributed by atoms with E-state index in [1.54, 1.807) is 11.3 Å². The second-order valence-electron chi connectivity index (χ2n) is 5.73. The van der Waals surface area contributed by atoms with Gasteiger partial charge in [-0.1, -0.05) is 24.3 Å². The number of thiophene rings is 1. The minimum absolute atomic E-state index is 0.0111. The average molecular weight is 356 g/mol. The number of furan rings is 1. The Morgan fingerprint density at radius 1 is 1.20 bits per heavy atom. The van der Waals surface area contributed by atoms with Crippen molar-refractivity contribution in [1.82, 2.24) is 10.2 Å². The molecule has 2 aromatic heterocycles. The molecule has 6 heteroatoms.